The topological polar surface area (TPSA) is 41.3 Å². The molecule has 0 saturated carbocycles. The Bertz CT molecular complexity index is 391. The fraction of sp³-hybridized carbons (Fsp3) is 0.769. The fourth-order valence-electron chi connectivity index (χ4n) is 3.05. The Balaban J connectivity index is 0.000000902. The Kier molecular flexibility index (Phi) is 6.12. The zero-order valence-electron chi connectivity index (χ0n) is 11.5. The van der Waals surface area contributed by atoms with Crippen LogP contribution in [0.4, 0.5) is 0 Å². The van der Waals surface area contributed by atoms with E-state index in [0.29, 0.717) is 0 Å². The van der Waals surface area contributed by atoms with E-state index < -0.39 is 0 Å². The molecule has 3 heterocycles. The van der Waals surface area contributed by atoms with Crippen LogP contribution in [0.2, 0.25) is 0 Å². The highest BCUT2D eigenvalue weighted by Crippen LogP contribution is 2.27. The Labute approximate surface area is 127 Å². The first-order valence-corrected chi connectivity index (χ1v) is 6.58. The normalized spacial score (nSPS) is 26.4. The molecule has 1 N–H and O–H groups in total. The summed E-state index contributed by atoms with van der Waals surface area (Å²) in [7, 11) is 0. The second kappa shape index (κ2) is 6.93. The van der Waals surface area contributed by atoms with E-state index in [9.17, 15) is 0 Å². The van der Waals surface area contributed by atoms with Crippen LogP contribution in [-0.2, 0) is 6.54 Å². The number of halogens is 2. The molecule has 2 aliphatic rings. The molecule has 2 saturated heterocycles. The van der Waals surface area contributed by atoms with Gasteiger partial charge in [0, 0.05) is 6.54 Å². The van der Waals surface area contributed by atoms with Gasteiger partial charge in [0.05, 0.1) is 12.2 Å². The van der Waals surface area contributed by atoms with Crippen molar-refractivity contribution in [2.45, 2.75) is 26.8 Å². The Morgan fingerprint density at radius 1 is 1.26 bits per heavy atom. The molecule has 3 rings (SSSR count). The number of oxazole rings is 1. The second-order valence-corrected chi connectivity index (χ2v) is 5.45. The van der Waals surface area contributed by atoms with Crippen molar-refractivity contribution in [3.05, 3.63) is 17.3 Å². The molecule has 110 valence electrons. The van der Waals surface area contributed by atoms with Crippen molar-refractivity contribution in [3.8, 4) is 0 Å². The molecule has 2 atom stereocenters. The van der Waals surface area contributed by atoms with Gasteiger partial charge in [0.15, 0.2) is 0 Å². The molecule has 1 aromatic rings. The number of nitrogens with zero attached hydrogens (tertiary/aromatic N) is 2. The standard InChI is InChI=1S/C13H21N3O.2ClH/c1-9-10(2)17-13(15-9)8-16-4-3-11-5-14-6-12(11)7-16;;/h11-12,14H,3-8H2,1-2H3;2*1H. The minimum Gasteiger partial charge on any atom is -0.444 e. The SMILES string of the molecule is Cc1nc(CN2CCC3CNCC3C2)oc1C.Cl.Cl. The third-order valence-corrected chi connectivity index (χ3v) is 4.22. The minimum absolute atomic E-state index is 0. The van der Waals surface area contributed by atoms with Crippen molar-refractivity contribution in [3.63, 3.8) is 0 Å². The summed E-state index contributed by atoms with van der Waals surface area (Å²) in [5, 5.41) is 3.50. The minimum atomic E-state index is 0. The maximum Gasteiger partial charge on any atom is 0.208 e. The Hall–Kier alpha value is -0.290. The van der Waals surface area contributed by atoms with Crippen LogP contribution >= 0.6 is 24.8 Å². The predicted octanol–water partition coefficient (Wildman–Crippen LogP) is 2.18. The van der Waals surface area contributed by atoms with E-state index >= 15 is 0 Å². The summed E-state index contributed by atoms with van der Waals surface area (Å²) in [4.78, 5) is 6.95. The van der Waals surface area contributed by atoms with Crippen molar-refractivity contribution in [1.82, 2.24) is 15.2 Å². The van der Waals surface area contributed by atoms with E-state index in [-0.39, 0.29) is 24.8 Å². The van der Waals surface area contributed by atoms with E-state index in [0.717, 1.165) is 35.7 Å². The molecule has 2 unspecified atom stereocenters. The number of fused-ring (bicyclic) bond motifs is 1. The first-order valence-electron chi connectivity index (χ1n) is 6.58. The van der Waals surface area contributed by atoms with E-state index in [1.54, 1.807) is 0 Å². The summed E-state index contributed by atoms with van der Waals surface area (Å²) in [6.45, 7) is 9.65. The Morgan fingerprint density at radius 3 is 2.68 bits per heavy atom. The average molecular weight is 308 g/mol. The Morgan fingerprint density at radius 2 is 2.00 bits per heavy atom. The van der Waals surface area contributed by atoms with E-state index in [1.807, 2.05) is 13.8 Å². The van der Waals surface area contributed by atoms with Gasteiger partial charge in [-0.15, -0.1) is 24.8 Å². The van der Waals surface area contributed by atoms with Gasteiger partial charge in [0.1, 0.15) is 5.76 Å². The maximum absolute atomic E-state index is 5.66. The van der Waals surface area contributed by atoms with Crippen molar-refractivity contribution in [2.75, 3.05) is 26.2 Å². The first kappa shape index (κ1) is 16.8. The highest BCUT2D eigenvalue weighted by atomic mass is 35.5. The molecule has 4 nitrogen and oxygen atoms in total. The number of hydrogen-bond acceptors (Lipinski definition) is 4. The zero-order valence-corrected chi connectivity index (χ0v) is 13.1. The summed E-state index contributed by atoms with van der Waals surface area (Å²) < 4.78 is 5.66. The highest BCUT2D eigenvalue weighted by Gasteiger charge is 2.33. The van der Waals surface area contributed by atoms with Gasteiger partial charge in [-0.25, -0.2) is 4.98 Å². The van der Waals surface area contributed by atoms with Crippen LogP contribution in [0.15, 0.2) is 4.42 Å². The second-order valence-electron chi connectivity index (χ2n) is 5.45. The lowest BCUT2D eigenvalue weighted by atomic mass is 9.89. The molecule has 0 radical (unpaired) electrons. The van der Waals surface area contributed by atoms with Crippen LogP contribution in [0, 0.1) is 25.7 Å². The van der Waals surface area contributed by atoms with Gasteiger partial charge < -0.3 is 9.73 Å². The van der Waals surface area contributed by atoms with Crippen molar-refractivity contribution in [1.29, 1.82) is 0 Å². The number of likely N-dealkylation sites (tertiary alicyclic amines) is 1. The molecule has 2 fully saturated rings. The van der Waals surface area contributed by atoms with Gasteiger partial charge in [0.2, 0.25) is 5.89 Å². The van der Waals surface area contributed by atoms with Crippen LogP contribution in [-0.4, -0.2) is 36.1 Å². The zero-order chi connectivity index (χ0) is 11.8. The largest absolute Gasteiger partial charge is 0.444 e. The molecular weight excluding hydrogens is 285 g/mol. The number of piperidine rings is 1. The number of hydrogen-bond donors (Lipinski definition) is 1. The number of aryl methyl sites for hydroxylation is 2. The van der Waals surface area contributed by atoms with Gasteiger partial charge in [-0.2, -0.15) is 0 Å². The third-order valence-electron chi connectivity index (χ3n) is 4.22. The lowest BCUT2D eigenvalue weighted by Gasteiger charge is -2.33. The van der Waals surface area contributed by atoms with Crippen molar-refractivity contribution < 1.29 is 4.42 Å². The van der Waals surface area contributed by atoms with E-state index in [1.165, 1.54) is 32.6 Å². The van der Waals surface area contributed by atoms with E-state index in [4.69, 9.17) is 4.42 Å². The quantitative estimate of drug-likeness (QED) is 0.909. The summed E-state index contributed by atoms with van der Waals surface area (Å²) in [5.74, 6) is 3.57. The summed E-state index contributed by atoms with van der Waals surface area (Å²) in [6.07, 6.45) is 1.32. The number of rotatable bonds is 2. The number of aromatic nitrogens is 1. The molecule has 1 aromatic heterocycles. The van der Waals surface area contributed by atoms with Crippen molar-refractivity contribution >= 4 is 24.8 Å². The molecule has 0 spiro atoms. The van der Waals surface area contributed by atoms with Gasteiger partial charge in [-0.05, 0) is 51.7 Å². The van der Waals surface area contributed by atoms with Crippen LogP contribution < -0.4 is 5.32 Å². The molecule has 0 bridgehead atoms. The lowest BCUT2D eigenvalue weighted by Crippen LogP contribution is -2.39. The van der Waals surface area contributed by atoms with Gasteiger partial charge in [0.25, 0.3) is 0 Å². The van der Waals surface area contributed by atoms with Crippen molar-refractivity contribution in [2.24, 2.45) is 11.8 Å². The highest BCUT2D eigenvalue weighted by molar-refractivity contribution is 5.85. The number of nitrogens with one attached hydrogen (secondary N) is 1. The van der Waals surface area contributed by atoms with E-state index in [2.05, 4.69) is 15.2 Å². The molecule has 0 amide bonds. The van der Waals surface area contributed by atoms with Gasteiger partial charge in [-0.1, -0.05) is 0 Å². The summed E-state index contributed by atoms with van der Waals surface area (Å²) in [6, 6.07) is 0. The van der Waals surface area contributed by atoms with Gasteiger partial charge >= 0.3 is 0 Å². The molecule has 19 heavy (non-hydrogen) atoms. The van der Waals surface area contributed by atoms with Crippen LogP contribution in [0.3, 0.4) is 0 Å². The monoisotopic (exact) mass is 307 g/mol. The lowest BCUT2D eigenvalue weighted by molar-refractivity contribution is 0.131. The average Bonchev–Trinajstić information content (AvgIpc) is 2.86. The molecule has 2 aliphatic heterocycles. The first-order chi connectivity index (χ1) is 8.22. The van der Waals surface area contributed by atoms with Gasteiger partial charge in [-0.3, -0.25) is 4.90 Å². The summed E-state index contributed by atoms with van der Waals surface area (Å²) >= 11 is 0. The third kappa shape index (κ3) is 3.63. The van der Waals surface area contributed by atoms with Crippen LogP contribution in [0.5, 0.6) is 0 Å². The smallest absolute Gasteiger partial charge is 0.208 e. The van der Waals surface area contributed by atoms with Crippen LogP contribution in [0.25, 0.3) is 0 Å². The molecular formula is C13H23Cl2N3O. The van der Waals surface area contributed by atoms with Crippen LogP contribution in [0.1, 0.15) is 23.8 Å². The maximum atomic E-state index is 5.66. The molecule has 0 aliphatic carbocycles. The molecule has 0 aromatic carbocycles. The fourth-order valence-corrected chi connectivity index (χ4v) is 3.05. The molecule has 6 heteroatoms. The summed E-state index contributed by atoms with van der Waals surface area (Å²) in [5.41, 5.74) is 1.03. The predicted molar refractivity (Wildman–Crippen MR) is 80.2 cm³/mol.